The van der Waals surface area contributed by atoms with Crippen molar-refractivity contribution >= 4 is 29.3 Å². The van der Waals surface area contributed by atoms with Crippen molar-refractivity contribution in [1.82, 2.24) is 5.32 Å². The maximum atomic E-state index is 13.2. The monoisotopic (exact) mass is 302 g/mol. The topological polar surface area (TPSA) is 78.4 Å². The lowest BCUT2D eigenvalue weighted by atomic mass is 10.1. The van der Waals surface area contributed by atoms with E-state index in [2.05, 4.69) is 10.6 Å². The zero-order chi connectivity index (χ0) is 15.1. The number of nitrogens with one attached hydrogen (secondary N) is 2. The summed E-state index contributed by atoms with van der Waals surface area (Å²) in [7, 11) is 0. The van der Waals surface area contributed by atoms with Gasteiger partial charge in [0.05, 0.1) is 5.02 Å². The first kappa shape index (κ1) is 16.2. The van der Waals surface area contributed by atoms with Crippen LogP contribution >= 0.6 is 11.6 Å². The van der Waals surface area contributed by atoms with Crippen molar-refractivity contribution in [2.75, 3.05) is 5.32 Å². The number of urea groups is 1. The third-order valence-corrected chi connectivity index (χ3v) is 2.93. The highest BCUT2D eigenvalue weighted by atomic mass is 35.5. The van der Waals surface area contributed by atoms with Gasteiger partial charge in [-0.2, -0.15) is 0 Å². The highest BCUT2D eigenvalue weighted by molar-refractivity contribution is 6.30. The summed E-state index contributed by atoms with van der Waals surface area (Å²) in [5.41, 5.74) is 0.198. The minimum absolute atomic E-state index is 0.0534. The standard InChI is InChI=1S/C13H16ClFN2O3/c1-2-3-4-11(12(18)19)17-13(20)16-8-5-6-9(14)10(15)7-8/h5-7,11H,2-4H2,1H3,(H,18,19)(H2,16,17,20). The van der Waals surface area contributed by atoms with Gasteiger partial charge in [-0.3, -0.25) is 0 Å². The first-order valence-corrected chi connectivity index (χ1v) is 6.57. The Morgan fingerprint density at radius 1 is 1.45 bits per heavy atom. The Kier molecular flexibility index (Phi) is 6.24. The number of rotatable bonds is 6. The average Bonchev–Trinajstić information content (AvgIpc) is 2.38. The molecule has 0 saturated heterocycles. The van der Waals surface area contributed by atoms with Gasteiger partial charge < -0.3 is 15.7 Å². The molecule has 0 aliphatic rings. The van der Waals surface area contributed by atoms with Crippen LogP contribution in [0, 0.1) is 5.82 Å². The van der Waals surface area contributed by atoms with Crippen LogP contribution in [0.1, 0.15) is 26.2 Å². The number of hydrogen-bond donors (Lipinski definition) is 3. The maximum Gasteiger partial charge on any atom is 0.326 e. The number of carboxylic acid groups (broad SMARTS) is 1. The fourth-order valence-electron chi connectivity index (χ4n) is 1.56. The van der Waals surface area contributed by atoms with E-state index in [1.54, 1.807) is 0 Å². The van der Waals surface area contributed by atoms with E-state index in [9.17, 15) is 14.0 Å². The second kappa shape index (κ2) is 7.69. The van der Waals surface area contributed by atoms with Gasteiger partial charge in [0.1, 0.15) is 11.9 Å². The van der Waals surface area contributed by atoms with Gasteiger partial charge in [0.25, 0.3) is 0 Å². The first-order valence-electron chi connectivity index (χ1n) is 6.19. The van der Waals surface area contributed by atoms with Gasteiger partial charge in [0.2, 0.25) is 0 Å². The van der Waals surface area contributed by atoms with E-state index in [1.807, 2.05) is 6.92 Å². The van der Waals surface area contributed by atoms with Crippen LogP contribution < -0.4 is 10.6 Å². The Hall–Kier alpha value is -1.82. The fourth-order valence-corrected chi connectivity index (χ4v) is 1.68. The molecule has 1 aromatic rings. The molecule has 0 spiro atoms. The lowest BCUT2D eigenvalue weighted by Crippen LogP contribution is -2.42. The molecule has 5 nitrogen and oxygen atoms in total. The van der Waals surface area contributed by atoms with E-state index < -0.39 is 23.9 Å². The lowest BCUT2D eigenvalue weighted by molar-refractivity contribution is -0.139. The Morgan fingerprint density at radius 2 is 2.15 bits per heavy atom. The summed E-state index contributed by atoms with van der Waals surface area (Å²) < 4.78 is 13.2. The van der Waals surface area contributed by atoms with Gasteiger partial charge in [-0.25, -0.2) is 14.0 Å². The zero-order valence-electron chi connectivity index (χ0n) is 11.0. The molecule has 3 N–H and O–H groups in total. The van der Waals surface area contributed by atoms with Crippen LogP contribution in [0.3, 0.4) is 0 Å². The van der Waals surface area contributed by atoms with E-state index in [0.717, 1.165) is 12.5 Å². The van der Waals surface area contributed by atoms with E-state index in [4.69, 9.17) is 16.7 Å². The molecule has 0 heterocycles. The molecule has 0 saturated carbocycles. The number of carboxylic acids is 1. The molecule has 110 valence electrons. The van der Waals surface area contributed by atoms with Gasteiger partial charge in [0.15, 0.2) is 0 Å². The Bertz CT molecular complexity index is 497. The third-order valence-electron chi connectivity index (χ3n) is 2.63. The summed E-state index contributed by atoms with van der Waals surface area (Å²) in [6.45, 7) is 1.93. The van der Waals surface area contributed by atoms with Crippen LogP contribution in [0.4, 0.5) is 14.9 Å². The van der Waals surface area contributed by atoms with E-state index in [1.165, 1.54) is 12.1 Å². The molecule has 20 heavy (non-hydrogen) atoms. The SMILES string of the molecule is CCCCC(NC(=O)Nc1ccc(Cl)c(F)c1)C(=O)O. The molecule has 1 unspecified atom stereocenters. The van der Waals surface area contributed by atoms with Crippen LogP contribution in [0.25, 0.3) is 0 Å². The molecule has 1 rings (SSSR count). The molecule has 2 amide bonds. The van der Waals surface area contributed by atoms with Crippen LogP contribution in [0.5, 0.6) is 0 Å². The highest BCUT2D eigenvalue weighted by Crippen LogP contribution is 2.18. The number of benzene rings is 1. The average molecular weight is 303 g/mol. The molecule has 0 radical (unpaired) electrons. The molecule has 0 aliphatic carbocycles. The summed E-state index contributed by atoms with van der Waals surface area (Å²) in [5.74, 6) is -1.76. The summed E-state index contributed by atoms with van der Waals surface area (Å²) in [6.07, 6.45) is 1.86. The van der Waals surface area contributed by atoms with Gasteiger partial charge in [-0.1, -0.05) is 31.4 Å². The third kappa shape index (κ3) is 5.05. The van der Waals surface area contributed by atoms with E-state index in [-0.39, 0.29) is 10.7 Å². The molecule has 1 atom stereocenters. The van der Waals surface area contributed by atoms with Crippen molar-refractivity contribution in [1.29, 1.82) is 0 Å². The van der Waals surface area contributed by atoms with Gasteiger partial charge in [-0.05, 0) is 24.6 Å². The molecular weight excluding hydrogens is 287 g/mol. The van der Waals surface area contributed by atoms with Crippen LogP contribution in [-0.2, 0) is 4.79 Å². The van der Waals surface area contributed by atoms with Crippen molar-refractivity contribution in [2.24, 2.45) is 0 Å². The van der Waals surface area contributed by atoms with Crippen molar-refractivity contribution in [3.63, 3.8) is 0 Å². The smallest absolute Gasteiger partial charge is 0.326 e. The molecule has 7 heteroatoms. The normalized spacial score (nSPS) is 11.8. The number of anilines is 1. The predicted molar refractivity (Wildman–Crippen MR) is 74.5 cm³/mol. The summed E-state index contributed by atoms with van der Waals surface area (Å²) in [4.78, 5) is 22.6. The number of carbonyl (C=O) groups excluding carboxylic acids is 1. The Morgan fingerprint density at radius 3 is 2.70 bits per heavy atom. The van der Waals surface area contributed by atoms with E-state index in [0.29, 0.717) is 12.8 Å². The van der Waals surface area contributed by atoms with Gasteiger partial charge in [-0.15, -0.1) is 0 Å². The minimum atomic E-state index is -1.10. The van der Waals surface area contributed by atoms with Gasteiger partial charge >= 0.3 is 12.0 Å². The maximum absolute atomic E-state index is 13.2. The Balaban J connectivity index is 2.60. The molecule has 0 bridgehead atoms. The number of unbranched alkanes of at least 4 members (excludes halogenated alkanes) is 1. The van der Waals surface area contributed by atoms with Crippen LogP contribution in [0.2, 0.25) is 5.02 Å². The first-order chi connectivity index (χ1) is 9.43. The molecule has 1 aromatic carbocycles. The summed E-state index contributed by atoms with van der Waals surface area (Å²) >= 11 is 5.52. The molecular formula is C13H16ClFN2O3. The zero-order valence-corrected chi connectivity index (χ0v) is 11.7. The second-order valence-corrected chi connectivity index (χ2v) is 4.67. The van der Waals surface area contributed by atoms with Crippen LogP contribution in [0.15, 0.2) is 18.2 Å². The molecule has 0 aromatic heterocycles. The molecule has 0 aliphatic heterocycles. The van der Waals surface area contributed by atoms with Gasteiger partial charge in [0, 0.05) is 5.69 Å². The molecule has 0 fully saturated rings. The largest absolute Gasteiger partial charge is 0.480 e. The number of carbonyl (C=O) groups is 2. The van der Waals surface area contributed by atoms with Crippen molar-refractivity contribution in [3.8, 4) is 0 Å². The van der Waals surface area contributed by atoms with Crippen molar-refractivity contribution in [3.05, 3.63) is 29.0 Å². The minimum Gasteiger partial charge on any atom is -0.480 e. The van der Waals surface area contributed by atoms with Crippen molar-refractivity contribution in [2.45, 2.75) is 32.2 Å². The Labute approximate surface area is 121 Å². The number of aliphatic carboxylic acids is 1. The number of halogens is 2. The highest BCUT2D eigenvalue weighted by Gasteiger charge is 2.19. The van der Waals surface area contributed by atoms with Crippen molar-refractivity contribution < 1.29 is 19.1 Å². The quantitative estimate of drug-likeness (QED) is 0.755. The second-order valence-electron chi connectivity index (χ2n) is 4.26. The number of hydrogen-bond acceptors (Lipinski definition) is 2. The summed E-state index contributed by atoms with van der Waals surface area (Å²) in [5, 5.41) is 13.6. The van der Waals surface area contributed by atoms with E-state index >= 15 is 0 Å². The fraction of sp³-hybridized carbons (Fsp3) is 0.385. The number of amides is 2. The predicted octanol–water partition coefficient (Wildman–Crippen LogP) is 3.24. The lowest BCUT2D eigenvalue weighted by Gasteiger charge is -2.14. The van der Waals surface area contributed by atoms with Crippen LogP contribution in [-0.4, -0.2) is 23.1 Å². The summed E-state index contributed by atoms with van der Waals surface area (Å²) in [6, 6.07) is 2.12.